The van der Waals surface area contributed by atoms with Crippen molar-refractivity contribution in [3.8, 4) is 11.3 Å². The Labute approximate surface area is 105 Å². The molecule has 0 bridgehead atoms. The number of carbonyl (C=O) groups is 2. The van der Waals surface area contributed by atoms with Crippen LogP contribution in [0.1, 0.15) is 20.9 Å². The second-order valence-electron chi connectivity index (χ2n) is 3.32. The van der Waals surface area contributed by atoms with Gasteiger partial charge >= 0.3 is 5.97 Å². The molecule has 0 spiro atoms. The Morgan fingerprint density at radius 1 is 1.29 bits per heavy atom. The van der Waals surface area contributed by atoms with E-state index in [2.05, 4.69) is 15.9 Å². The lowest BCUT2D eigenvalue weighted by Crippen LogP contribution is -1.97. The molecule has 0 unspecified atom stereocenters. The molecule has 4 nitrogen and oxygen atoms in total. The fraction of sp³-hybridized carbons (Fsp3) is 0. The predicted octanol–water partition coefficient (Wildman–Crippen LogP) is 3.22. The molecule has 2 aromatic rings. The Morgan fingerprint density at radius 2 is 2.06 bits per heavy atom. The molecule has 0 radical (unpaired) electrons. The molecule has 86 valence electrons. The van der Waals surface area contributed by atoms with Gasteiger partial charge in [0.1, 0.15) is 5.76 Å². The van der Waals surface area contributed by atoms with E-state index in [1.165, 1.54) is 6.07 Å². The third-order valence-electron chi connectivity index (χ3n) is 2.23. The van der Waals surface area contributed by atoms with Gasteiger partial charge in [0, 0.05) is 10.0 Å². The third-order valence-corrected chi connectivity index (χ3v) is 2.88. The summed E-state index contributed by atoms with van der Waals surface area (Å²) in [6.45, 7) is 0. The SMILES string of the molecule is O=Cc1ccc(-c2ccc(C(=O)O)c(Br)c2)o1. The molecule has 0 atom stereocenters. The first-order valence-corrected chi connectivity index (χ1v) is 5.49. The number of carboxylic acid groups (broad SMARTS) is 1. The van der Waals surface area contributed by atoms with Crippen molar-refractivity contribution in [3.05, 3.63) is 46.1 Å². The van der Waals surface area contributed by atoms with Crippen molar-refractivity contribution >= 4 is 28.2 Å². The number of aromatic carboxylic acids is 1. The van der Waals surface area contributed by atoms with Crippen LogP contribution >= 0.6 is 15.9 Å². The summed E-state index contributed by atoms with van der Waals surface area (Å²) in [6.07, 6.45) is 0.615. The Morgan fingerprint density at radius 3 is 2.59 bits per heavy atom. The average molecular weight is 295 g/mol. The summed E-state index contributed by atoms with van der Waals surface area (Å²) in [4.78, 5) is 21.3. The molecule has 2 rings (SSSR count). The highest BCUT2D eigenvalue weighted by Crippen LogP contribution is 2.27. The number of carboxylic acids is 1. The summed E-state index contributed by atoms with van der Waals surface area (Å²) in [5.74, 6) is -0.250. The number of furan rings is 1. The number of carbonyl (C=O) groups excluding carboxylic acids is 1. The summed E-state index contributed by atoms with van der Waals surface area (Å²) in [5.41, 5.74) is 0.880. The molecular formula is C12H7BrO4. The molecule has 1 N–H and O–H groups in total. The Hall–Kier alpha value is -1.88. The standard InChI is InChI=1S/C12H7BrO4/c13-10-5-7(1-3-9(10)12(15)16)11-4-2-8(6-14)17-11/h1-6H,(H,15,16). The Kier molecular flexibility index (Phi) is 3.10. The quantitative estimate of drug-likeness (QED) is 0.883. The highest BCUT2D eigenvalue weighted by atomic mass is 79.9. The van der Waals surface area contributed by atoms with Gasteiger partial charge < -0.3 is 9.52 Å². The first-order chi connectivity index (χ1) is 8.11. The maximum atomic E-state index is 10.8. The minimum absolute atomic E-state index is 0.177. The molecule has 0 aliphatic rings. The van der Waals surface area contributed by atoms with E-state index in [4.69, 9.17) is 9.52 Å². The molecule has 1 aromatic heterocycles. The molecule has 0 aliphatic heterocycles. The molecule has 0 saturated carbocycles. The van der Waals surface area contributed by atoms with Crippen LogP contribution in [0.4, 0.5) is 0 Å². The van der Waals surface area contributed by atoms with Crippen molar-refractivity contribution < 1.29 is 19.1 Å². The van der Waals surface area contributed by atoms with Crippen LogP contribution in [0.25, 0.3) is 11.3 Å². The maximum Gasteiger partial charge on any atom is 0.336 e. The first-order valence-electron chi connectivity index (χ1n) is 4.70. The molecule has 0 fully saturated rings. The van der Waals surface area contributed by atoms with Crippen LogP contribution in [0, 0.1) is 0 Å². The van der Waals surface area contributed by atoms with Crippen molar-refractivity contribution in [3.63, 3.8) is 0 Å². The van der Waals surface area contributed by atoms with Crippen LogP contribution in [0.2, 0.25) is 0 Å². The van der Waals surface area contributed by atoms with Crippen LogP contribution in [0.3, 0.4) is 0 Å². The minimum Gasteiger partial charge on any atom is -0.478 e. The van der Waals surface area contributed by atoms with Gasteiger partial charge in [-0.2, -0.15) is 0 Å². The molecule has 17 heavy (non-hydrogen) atoms. The van der Waals surface area contributed by atoms with Gasteiger partial charge in [0.2, 0.25) is 0 Å². The fourth-order valence-electron chi connectivity index (χ4n) is 1.41. The van der Waals surface area contributed by atoms with Crippen molar-refractivity contribution in [2.24, 2.45) is 0 Å². The maximum absolute atomic E-state index is 10.8. The number of benzene rings is 1. The number of aldehydes is 1. The zero-order chi connectivity index (χ0) is 12.4. The molecular weight excluding hydrogens is 288 g/mol. The highest BCUT2D eigenvalue weighted by molar-refractivity contribution is 9.10. The lowest BCUT2D eigenvalue weighted by molar-refractivity contribution is 0.0695. The normalized spacial score (nSPS) is 10.2. The van der Waals surface area contributed by atoms with Gasteiger partial charge in [-0.25, -0.2) is 4.79 Å². The lowest BCUT2D eigenvalue weighted by atomic mass is 10.1. The van der Waals surface area contributed by atoms with Gasteiger partial charge in [0.15, 0.2) is 12.0 Å². The number of halogens is 1. The topological polar surface area (TPSA) is 67.5 Å². The van der Waals surface area contributed by atoms with Crippen molar-refractivity contribution in [2.45, 2.75) is 0 Å². The monoisotopic (exact) mass is 294 g/mol. The smallest absolute Gasteiger partial charge is 0.336 e. The molecule has 0 saturated heterocycles. The van der Waals surface area contributed by atoms with Gasteiger partial charge in [-0.3, -0.25) is 4.79 Å². The van der Waals surface area contributed by atoms with E-state index in [-0.39, 0.29) is 11.3 Å². The van der Waals surface area contributed by atoms with Gasteiger partial charge in [-0.1, -0.05) is 6.07 Å². The zero-order valence-electron chi connectivity index (χ0n) is 8.51. The van der Waals surface area contributed by atoms with Crippen molar-refractivity contribution in [2.75, 3.05) is 0 Å². The summed E-state index contributed by atoms with van der Waals surface area (Å²) < 4.78 is 5.70. The van der Waals surface area contributed by atoms with E-state index < -0.39 is 5.97 Å². The van der Waals surface area contributed by atoms with Gasteiger partial charge in [-0.15, -0.1) is 0 Å². The van der Waals surface area contributed by atoms with E-state index >= 15 is 0 Å². The molecule has 0 aliphatic carbocycles. The molecule has 0 amide bonds. The Balaban J connectivity index is 2.43. The number of hydrogen-bond donors (Lipinski definition) is 1. The van der Waals surface area contributed by atoms with Crippen LogP contribution < -0.4 is 0 Å². The number of rotatable bonds is 3. The van der Waals surface area contributed by atoms with Crippen LogP contribution in [-0.2, 0) is 0 Å². The third kappa shape index (κ3) is 2.29. The minimum atomic E-state index is -1.00. The van der Waals surface area contributed by atoms with Crippen molar-refractivity contribution in [1.29, 1.82) is 0 Å². The van der Waals surface area contributed by atoms with Crippen LogP contribution in [-0.4, -0.2) is 17.4 Å². The van der Waals surface area contributed by atoms with E-state index in [1.807, 2.05) is 0 Å². The van der Waals surface area contributed by atoms with Crippen LogP contribution in [0.15, 0.2) is 39.2 Å². The summed E-state index contributed by atoms with van der Waals surface area (Å²) >= 11 is 3.18. The van der Waals surface area contributed by atoms with Crippen LogP contribution in [0.5, 0.6) is 0 Å². The first kappa shape index (κ1) is 11.6. The predicted molar refractivity (Wildman–Crippen MR) is 64.2 cm³/mol. The summed E-state index contributed by atoms with van der Waals surface area (Å²) in [5, 5.41) is 8.87. The average Bonchev–Trinajstić information content (AvgIpc) is 2.76. The van der Waals surface area contributed by atoms with Crippen molar-refractivity contribution in [1.82, 2.24) is 0 Å². The molecule has 1 heterocycles. The second kappa shape index (κ2) is 4.55. The fourth-order valence-corrected chi connectivity index (χ4v) is 1.96. The van der Waals surface area contributed by atoms with E-state index in [1.54, 1.807) is 24.3 Å². The van der Waals surface area contributed by atoms with Gasteiger partial charge in [0.25, 0.3) is 0 Å². The molecule has 1 aromatic carbocycles. The second-order valence-corrected chi connectivity index (χ2v) is 4.17. The van der Waals surface area contributed by atoms with E-state index in [9.17, 15) is 9.59 Å². The van der Waals surface area contributed by atoms with Gasteiger partial charge in [-0.05, 0) is 40.2 Å². The summed E-state index contributed by atoms with van der Waals surface area (Å²) in [7, 11) is 0. The van der Waals surface area contributed by atoms with Gasteiger partial charge in [0.05, 0.1) is 5.56 Å². The highest BCUT2D eigenvalue weighted by Gasteiger charge is 2.11. The zero-order valence-corrected chi connectivity index (χ0v) is 10.1. The lowest BCUT2D eigenvalue weighted by Gasteiger charge is -2.01. The Bertz CT molecular complexity index is 586. The van der Waals surface area contributed by atoms with E-state index in [0.29, 0.717) is 22.1 Å². The summed E-state index contributed by atoms with van der Waals surface area (Å²) in [6, 6.07) is 7.96. The largest absolute Gasteiger partial charge is 0.478 e. The van der Waals surface area contributed by atoms with E-state index in [0.717, 1.165) is 0 Å². The molecule has 5 heteroatoms. The number of hydrogen-bond acceptors (Lipinski definition) is 3.